The van der Waals surface area contributed by atoms with Crippen molar-refractivity contribution in [3.63, 3.8) is 0 Å². The lowest BCUT2D eigenvalue weighted by Crippen LogP contribution is -2.35. The minimum Gasteiger partial charge on any atom is -0.339 e. The average molecular weight is 255 g/mol. The van der Waals surface area contributed by atoms with E-state index in [1.54, 1.807) is 0 Å². The summed E-state index contributed by atoms with van der Waals surface area (Å²) >= 11 is 0. The maximum Gasteiger partial charge on any atom is 0.253 e. The van der Waals surface area contributed by atoms with E-state index in [2.05, 4.69) is 12.5 Å². The first-order valence-electron chi connectivity index (χ1n) is 6.86. The van der Waals surface area contributed by atoms with Gasteiger partial charge >= 0.3 is 0 Å². The van der Waals surface area contributed by atoms with Gasteiger partial charge in [-0.3, -0.25) is 4.79 Å². The summed E-state index contributed by atoms with van der Waals surface area (Å²) in [5.74, 6) is 0.0263. The van der Waals surface area contributed by atoms with E-state index in [1.807, 2.05) is 36.1 Å². The molecule has 1 amide bonds. The van der Waals surface area contributed by atoms with Crippen LogP contribution in [0.3, 0.4) is 0 Å². The highest BCUT2D eigenvalue weighted by molar-refractivity contribution is 5.94. The zero-order valence-corrected chi connectivity index (χ0v) is 11.3. The summed E-state index contributed by atoms with van der Waals surface area (Å²) in [6, 6.07) is 9.77. The Bertz CT molecular complexity index is 467. The molecule has 19 heavy (non-hydrogen) atoms. The molecule has 1 saturated heterocycles. The lowest BCUT2D eigenvalue weighted by Gasteiger charge is -2.26. The Balaban J connectivity index is 2.09. The van der Waals surface area contributed by atoms with Crippen molar-refractivity contribution in [3.8, 4) is 6.07 Å². The molecule has 1 fully saturated rings. The van der Waals surface area contributed by atoms with Crippen molar-refractivity contribution < 1.29 is 4.79 Å². The lowest BCUT2D eigenvalue weighted by atomic mass is 9.97. The van der Waals surface area contributed by atoms with Crippen LogP contribution in [0.15, 0.2) is 24.3 Å². The molecule has 3 nitrogen and oxygen atoms in total. The third kappa shape index (κ3) is 3.14. The van der Waals surface area contributed by atoms with E-state index >= 15 is 0 Å². The van der Waals surface area contributed by atoms with Gasteiger partial charge in [0.1, 0.15) is 0 Å². The molecule has 1 aromatic carbocycles. The third-order valence-corrected chi connectivity index (χ3v) is 3.62. The molecule has 1 aliphatic heterocycles. The van der Waals surface area contributed by atoms with E-state index in [0.29, 0.717) is 0 Å². The predicted molar refractivity (Wildman–Crippen MR) is 74.5 cm³/mol. The highest BCUT2D eigenvalue weighted by Crippen LogP contribution is 2.20. The molecule has 0 aliphatic carbocycles. The Labute approximate surface area is 114 Å². The van der Waals surface area contributed by atoms with Gasteiger partial charge in [-0.1, -0.05) is 19.1 Å². The number of piperidine rings is 1. The van der Waals surface area contributed by atoms with E-state index in [-0.39, 0.29) is 11.8 Å². The topological polar surface area (TPSA) is 44.1 Å². The van der Waals surface area contributed by atoms with Gasteiger partial charge in [0.05, 0.1) is 12.0 Å². The zero-order valence-electron chi connectivity index (χ0n) is 11.3. The van der Waals surface area contributed by atoms with Gasteiger partial charge < -0.3 is 4.90 Å². The molecule has 0 spiro atoms. The van der Waals surface area contributed by atoms with Gasteiger partial charge in [0, 0.05) is 18.7 Å². The van der Waals surface area contributed by atoms with Gasteiger partial charge in [0.2, 0.25) is 0 Å². The smallest absolute Gasteiger partial charge is 0.253 e. The van der Waals surface area contributed by atoms with Crippen LogP contribution in [0.2, 0.25) is 0 Å². The normalized spacial score (nSPS) is 16.7. The third-order valence-electron chi connectivity index (χ3n) is 3.62. The summed E-state index contributed by atoms with van der Waals surface area (Å²) < 4.78 is 0. The zero-order chi connectivity index (χ0) is 13.7. The Hall–Kier alpha value is -1.82. The second-order valence-corrected chi connectivity index (χ2v) is 4.87. The number of hydrogen-bond donors (Lipinski definition) is 0. The molecule has 0 saturated carbocycles. The molecule has 3 heteroatoms. The number of hydrogen-bond acceptors (Lipinski definition) is 2. The van der Waals surface area contributed by atoms with Crippen molar-refractivity contribution in [2.75, 3.05) is 13.1 Å². The second kappa shape index (κ2) is 6.38. The number of likely N-dealkylation sites (tertiary alicyclic amines) is 1. The number of nitriles is 1. The summed E-state index contributed by atoms with van der Waals surface area (Å²) in [6.45, 7) is 3.63. The number of amides is 1. The maximum atomic E-state index is 12.3. The SMILES string of the molecule is CCC(C#N)c1ccc(C(=O)N2CC[CH]CC2)cc1. The monoisotopic (exact) mass is 255 g/mol. The Morgan fingerprint density at radius 2 is 1.95 bits per heavy atom. The summed E-state index contributed by atoms with van der Waals surface area (Å²) in [6.07, 6.45) is 4.99. The highest BCUT2D eigenvalue weighted by Gasteiger charge is 2.18. The number of carbonyl (C=O) groups is 1. The second-order valence-electron chi connectivity index (χ2n) is 4.87. The van der Waals surface area contributed by atoms with Crippen LogP contribution in [0.4, 0.5) is 0 Å². The van der Waals surface area contributed by atoms with Crippen LogP contribution in [0.5, 0.6) is 0 Å². The van der Waals surface area contributed by atoms with Crippen LogP contribution in [-0.4, -0.2) is 23.9 Å². The molecule has 1 aliphatic rings. The van der Waals surface area contributed by atoms with Crippen molar-refractivity contribution >= 4 is 5.91 Å². The van der Waals surface area contributed by atoms with Gasteiger partial charge in [0.25, 0.3) is 5.91 Å². The van der Waals surface area contributed by atoms with E-state index in [0.717, 1.165) is 43.5 Å². The fourth-order valence-electron chi connectivity index (χ4n) is 2.40. The Kier molecular flexibility index (Phi) is 4.57. The average Bonchev–Trinajstić information content (AvgIpc) is 2.49. The van der Waals surface area contributed by atoms with Crippen molar-refractivity contribution in [1.29, 1.82) is 5.26 Å². The minimum atomic E-state index is -0.0752. The maximum absolute atomic E-state index is 12.3. The van der Waals surface area contributed by atoms with Crippen molar-refractivity contribution in [2.45, 2.75) is 32.1 Å². The van der Waals surface area contributed by atoms with Crippen molar-refractivity contribution in [3.05, 3.63) is 41.8 Å². The number of benzene rings is 1. The number of carbonyl (C=O) groups excluding carboxylic acids is 1. The molecule has 0 aromatic heterocycles. The van der Waals surface area contributed by atoms with E-state index in [4.69, 9.17) is 5.26 Å². The Morgan fingerprint density at radius 3 is 2.47 bits per heavy atom. The lowest BCUT2D eigenvalue weighted by molar-refractivity contribution is 0.0742. The van der Waals surface area contributed by atoms with Crippen LogP contribution in [0.25, 0.3) is 0 Å². The van der Waals surface area contributed by atoms with E-state index in [9.17, 15) is 4.79 Å². The van der Waals surface area contributed by atoms with Gasteiger partial charge in [-0.2, -0.15) is 5.26 Å². The van der Waals surface area contributed by atoms with Crippen molar-refractivity contribution in [2.24, 2.45) is 0 Å². The molecule has 1 radical (unpaired) electrons. The molecule has 0 bridgehead atoms. The van der Waals surface area contributed by atoms with Crippen LogP contribution in [-0.2, 0) is 0 Å². The van der Waals surface area contributed by atoms with Crippen LogP contribution < -0.4 is 0 Å². The quantitative estimate of drug-likeness (QED) is 0.832. The first-order chi connectivity index (χ1) is 9.26. The summed E-state index contributed by atoms with van der Waals surface area (Å²) in [5, 5.41) is 9.03. The van der Waals surface area contributed by atoms with Gasteiger partial charge in [0.15, 0.2) is 0 Å². The number of nitrogens with zero attached hydrogens (tertiary/aromatic N) is 2. The molecule has 99 valence electrons. The molecule has 1 aromatic rings. The first-order valence-corrected chi connectivity index (χ1v) is 6.86. The molecular formula is C16H19N2O. The summed E-state index contributed by atoms with van der Waals surface area (Å²) in [4.78, 5) is 14.2. The van der Waals surface area contributed by atoms with Crippen LogP contribution in [0.1, 0.15) is 48.0 Å². The van der Waals surface area contributed by atoms with Gasteiger partial charge in [-0.25, -0.2) is 0 Å². The molecule has 1 unspecified atom stereocenters. The standard InChI is InChI=1S/C16H19N2O/c1-2-13(12-17)14-6-8-15(9-7-14)16(19)18-10-4-3-5-11-18/h3,6-9,13H,2,4-5,10-11H2,1H3. The minimum absolute atomic E-state index is 0.0752. The van der Waals surface area contributed by atoms with Crippen LogP contribution >= 0.6 is 0 Å². The molecule has 2 rings (SSSR count). The summed E-state index contributed by atoms with van der Waals surface area (Å²) in [5.41, 5.74) is 1.71. The largest absolute Gasteiger partial charge is 0.339 e. The first kappa shape index (κ1) is 13.6. The molecule has 0 N–H and O–H groups in total. The van der Waals surface area contributed by atoms with Crippen molar-refractivity contribution in [1.82, 2.24) is 4.90 Å². The van der Waals surface area contributed by atoms with Crippen LogP contribution in [0, 0.1) is 17.8 Å². The Morgan fingerprint density at radius 1 is 1.32 bits per heavy atom. The number of rotatable bonds is 3. The predicted octanol–water partition coefficient (Wildman–Crippen LogP) is 3.14. The summed E-state index contributed by atoms with van der Waals surface area (Å²) in [7, 11) is 0. The fourth-order valence-corrected chi connectivity index (χ4v) is 2.40. The molecular weight excluding hydrogens is 236 g/mol. The molecule has 1 heterocycles. The van der Waals surface area contributed by atoms with Gasteiger partial charge in [-0.15, -0.1) is 0 Å². The van der Waals surface area contributed by atoms with Gasteiger partial charge in [-0.05, 0) is 43.4 Å². The van der Waals surface area contributed by atoms with E-state index in [1.165, 1.54) is 0 Å². The fraction of sp³-hybridized carbons (Fsp3) is 0.438. The highest BCUT2D eigenvalue weighted by atomic mass is 16.2. The van der Waals surface area contributed by atoms with E-state index < -0.39 is 0 Å². The molecule has 1 atom stereocenters.